The quantitative estimate of drug-likeness (QED) is 0.535. The molecule has 1 aliphatic carbocycles. The van der Waals surface area contributed by atoms with Crippen molar-refractivity contribution in [2.75, 3.05) is 6.54 Å². The van der Waals surface area contributed by atoms with E-state index in [9.17, 15) is 18.3 Å². The Kier molecular flexibility index (Phi) is 7.37. The van der Waals surface area contributed by atoms with Crippen molar-refractivity contribution >= 4 is 26.8 Å². The number of hydrogen-bond donors (Lipinski definition) is 1. The second-order valence-corrected chi connectivity index (χ2v) is 9.30. The molecule has 0 spiro atoms. The van der Waals surface area contributed by atoms with Crippen molar-refractivity contribution in [3.8, 4) is 0 Å². The van der Waals surface area contributed by atoms with E-state index in [2.05, 4.69) is 4.72 Å². The van der Waals surface area contributed by atoms with Crippen LogP contribution in [0, 0.1) is 0 Å². The molecule has 0 bridgehead atoms. The van der Waals surface area contributed by atoms with Crippen molar-refractivity contribution in [2.24, 2.45) is 0 Å². The number of carbonyl (C=O) groups is 1. The monoisotopic (exact) mass is 431 g/mol. The Morgan fingerprint density at radius 2 is 1.80 bits per heavy atom. The van der Waals surface area contributed by atoms with E-state index in [1.54, 1.807) is 12.1 Å². The smallest absolute Gasteiger partial charge is 0.550 e. The Labute approximate surface area is 198 Å². The first kappa shape index (κ1) is 23.0. The summed E-state index contributed by atoms with van der Waals surface area (Å²) in [7, 11) is -3.64. The Morgan fingerprint density at radius 3 is 2.57 bits per heavy atom. The van der Waals surface area contributed by atoms with Gasteiger partial charge in [0.2, 0.25) is 10.0 Å². The second-order valence-electron chi connectivity index (χ2n) is 7.53. The van der Waals surface area contributed by atoms with Gasteiger partial charge in [0.25, 0.3) is 0 Å². The van der Waals surface area contributed by atoms with Gasteiger partial charge in [-0.2, -0.15) is 0 Å². The zero-order chi connectivity index (χ0) is 20.4. The number of carbonyl (C=O) groups excluding carboxylic acids is 1. The number of sulfonamides is 1. The average molecular weight is 431 g/mol. The molecule has 0 fully saturated rings. The fraction of sp³-hybridized carbons (Fsp3) is 0.261. The number of carboxylic acids is 1. The molecule has 4 rings (SSSR count). The molecular weight excluding hydrogens is 409 g/mol. The first-order valence-corrected chi connectivity index (χ1v) is 11.2. The van der Waals surface area contributed by atoms with E-state index in [4.69, 9.17) is 0 Å². The molecule has 0 saturated heterocycles. The number of aryl methyl sites for hydroxylation is 1. The topological polar surface area (TPSA) is 86.3 Å². The third-order valence-corrected chi connectivity index (χ3v) is 6.97. The van der Waals surface area contributed by atoms with Gasteiger partial charge < -0.3 is 9.90 Å². The Bertz CT molecular complexity index is 1180. The summed E-state index contributed by atoms with van der Waals surface area (Å²) in [5.41, 5.74) is 2.89. The summed E-state index contributed by atoms with van der Waals surface area (Å²) in [6, 6.07) is 18.4. The van der Waals surface area contributed by atoms with Crippen LogP contribution in [0.15, 0.2) is 65.6 Å². The molecule has 150 valence electrons. The van der Waals surface area contributed by atoms with Gasteiger partial charge in [-0.25, -0.2) is 13.1 Å². The van der Waals surface area contributed by atoms with E-state index in [1.165, 1.54) is 0 Å². The van der Waals surface area contributed by atoms with Crippen LogP contribution in [0.2, 0.25) is 0 Å². The molecule has 1 aliphatic rings. The fourth-order valence-corrected chi connectivity index (χ4v) is 5.18. The molecule has 3 aromatic carbocycles. The van der Waals surface area contributed by atoms with Crippen molar-refractivity contribution in [1.82, 2.24) is 4.72 Å². The molecule has 0 aliphatic heterocycles. The van der Waals surface area contributed by atoms with Gasteiger partial charge in [0.1, 0.15) is 0 Å². The molecule has 0 amide bonds. The number of benzene rings is 3. The summed E-state index contributed by atoms with van der Waals surface area (Å²) in [5, 5.41) is 12.8. The van der Waals surface area contributed by atoms with Gasteiger partial charge in [0.05, 0.1) is 4.90 Å². The van der Waals surface area contributed by atoms with E-state index >= 15 is 0 Å². The molecule has 5 nitrogen and oxygen atoms in total. The van der Waals surface area contributed by atoms with Gasteiger partial charge in [0, 0.05) is 18.9 Å². The van der Waals surface area contributed by atoms with Gasteiger partial charge in [-0.15, -0.1) is 0 Å². The minimum atomic E-state index is -3.64. The van der Waals surface area contributed by atoms with Crippen LogP contribution in [0.1, 0.15) is 35.4 Å². The zero-order valence-corrected chi connectivity index (χ0v) is 19.7. The van der Waals surface area contributed by atoms with Crippen LogP contribution < -0.4 is 39.4 Å². The van der Waals surface area contributed by atoms with Gasteiger partial charge in [-0.1, -0.05) is 48.5 Å². The maximum absolute atomic E-state index is 12.8. The third kappa shape index (κ3) is 5.13. The number of hydrogen-bond acceptors (Lipinski definition) is 4. The van der Waals surface area contributed by atoms with E-state index in [0.29, 0.717) is 5.56 Å². The zero-order valence-electron chi connectivity index (χ0n) is 16.9. The molecule has 0 aromatic heterocycles. The standard InChI is InChI=1S/C23H23NO4S.Na/c25-23(26)13-16-8-9-18-6-3-7-20(22(18)12-16)15-24-29(27,28)21-11-10-17-4-1-2-5-19(17)14-21;/h1-2,4-5,8-12,14,20,24H,3,6-7,13,15H2,(H,25,26);/q;+1/p-1. The molecule has 7 heteroatoms. The van der Waals surface area contributed by atoms with Crippen LogP contribution >= 0.6 is 0 Å². The minimum absolute atomic E-state index is 0. The molecule has 1 atom stereocenters. The van der Waals surface area contributed by atoms with Gasteiger partial charge in [0.15, 0.2) is 0 Å². The molecule has 0 radical (unpaired) electrons. The molecule has 1 N–H and O–H groups in total. The number of fused-ring (bicyclic) bond motifs is 2. The Hall–Kier alpha value is -1.70. The van der Waals surface area contributed by atoms with E-state index in [0.717, 1.165) is 41.2 Å². The van der Waals surface area contributed by atoms with Crippen LogP contribution in [0.3, 0.4) is 0 Å². The fourth-order valence-electron chi connectivity index (χ4n) is 4.06. The molecular formula is C23H22NNaO4S. The minimum Gasteiger partial charge on any atom is -0.550 e. The van der Waals surface area contributed by atoms with Crippen molar-refractivity contribution < 1.29 is 47.9 Å². The molecule has 30 heavy (non-hydrogen) atoms. The van der Waals surface area contributed by atoms with Crippen molar-refractivity contribution in [2.45, 2.75) is 36.5 Å². The Morgan fingerprint density at radius 1 is 1.03 bits per heavy atom. The Balaban J connectivity index is 0.00000256. The van der Waals surface area contributed by atoms with Gasteiger partial charge in [-0.3, -0.25) is 0 Å². The van der Waals surface area contributed by atoms with Crippen LogP contribution in [0.25, 0.3) is 10.8 Å². The molecule has 3 aromatic rings. The molecule has 1 unspecified atom stereocenters. The third-order valence-electron chi connectivity index (χ3n) is 5.55. The van der Waals surface area contributed by atoms with E-state index in [-0.39, 0.29) is 53.3 Å². The number of carboxylic acid groups (broad SMARTS) is 1. The van der Waals surface area contributed by atoms with Crippen LogP contribution in [0.4, 0.5) is 0 Å². The van der Waals surface area contributed by atoms with E-state index in [1.807, 2.05) is 48.5 Å². The first-order chi connectivity index (χ1) is 13.9. The van der Waals surface area contributed by atoms with Crippen molar-refractivity contribution in [1.29, 1.82) is 0 Å². The molecule has 0 heterocycles. The normalized spacial score (nSPS) is 15.9. The van der Waals surface area contributed by atoms with E-state index < -0.39 is 16.0 Å². The summed E-state index contributed by atoms with van der Waals surface area (Å²) in [4.78, 5) is 11.2. The first-order valence-electron chi connectivity index (χ1n) is 9.72. The SMILES string of the molecule is O=C([O-])Cc1ccc2c(c1)C(CNS(=O)(=O)c1ccc3ccccc3c1)CCC2.[Na+]. The van der Waals surface area contributed by atoms with Gasteiger partial charge >= 0.3 is 29.6 Å². The summed E-state index contributed by atoms with van der Waals surface area (Å²) in [6.45, 7) is 0.289. The van der Waals surface area contributed by atoms with Crippen molar-refractivity contribution in [3.05, 3.63) is 77.4 Å². The maximum atomic E-state index is 12.8. The van der Waals surface area contributed by atoms with Crippen LogP contribution in [-0.4, -0.2) is 20.9 Å². The average Bonchev–Trinajstić information content (AvgIpc) is 2.71. The summed E-state index contributed by atoms with van der Waals surface area (Å²) in [5.74, 6) is -1.09. The van der Waals surface area contributed by atoms with Crippen LogP contribution in [0.5, 0.6) is 0 Å². The largest absolute Gasteiger partial charge is 1.00 e. The number of nitrogens with one attached hydrogen (secondary N) is 1. The summed E-state index contributed by atoms with van der Waals surface area (Å²) >= 11 is 0. The predicted molar refractivity (Wildman–Crippen MR) is 110 cm³/mol. The summed E-state index contributed by atoms with van der Waals surface area (Å²) < 4.78 is 28.4. The maximum Gasteiger partial charge on any atom is 1.00 e. The summed E-state index contributed by atoms with van der Waals surface area (Å²) in [6.07, 6.45) is 2.63. The predicted octanol–water partition coefficient (Wildman–Crippen LogP) is -0.465. The number of aliphatic carboxylic acids is 1. The molecule has 0 saturated carbocycles. The second kappa shape index (κ2) is 9.62. The number of rotatable bonds is 6. The van der Waals surface area contributed by atoms with Gasteiger partial charge in [-0.05, 0) is 64.8 Å². The van der Waals surface area contributed by atoms with Crippen molar-refractivity contribution in [3.63, 3.8) is 0 Å². The van der Waals surface area contributed by atoms with Crippen LogP contribution in [-0.2, 0) is 27.7 Å².